The van der Waals surface area contributed by atoms with E-state index in [0.717, 1.165) is 28.2 Å². The van der Waals surface area contributed by atoms with Gasteiger partial charge in [0.2, 0.25) is 0 Å². The number of hydrogen-bond donors (Lipinski definition) is 4. The van der Waals surface area contributed by atoms with Crippen molar-refractivity contribution >= 4 is 69.0 Å². The molecule has 3 aromatic rings. The molecule has 0 unspecified atom stereocenters. The van der Waals surface area contributed by atoms with Gasteiger partial charge in [0.1, 0.15) is 29.4 Å². The van der Waals surface area contributed by atoms with Crippen molar-refractivity contribution in [1.82, 2.24) is 25.5 Å². The number of fused-ring (bicyclic) bond motifs is 1. The number of anilines is 1. The summed E-state index contributed by atoms with van der Waals surface area (Å²) in [6.07, 6.45) is 8.65. The molecule has 1 saturated heterocycles. The Morgan fingerprint density at radius 1 is 1.28 bits per heavy atom. The number of nitrogens with zero attached hydrogens (tertiary/aromatic N) is 6. The van der Waals surface area contributed by atoms with Gasteiger partial charge in [0, 0.05) is 34.2 Å². The number of hydrogen-bond acceptors (Lipinski definition) is 13. The van der Waals surface area contributed by atoms with Crippen LogP contribution in [0.5, 0.6) is 0 Å². The number of aromatic nitrogens is 3. The Hall–Kier alpha value is -4.12. The number of aliphatic carboxylic acids is 1. The number of thioether (sulfide) groups is 1. The van der Waals surface area contributed by atoms with Crippen molar-refractivity contribution in [2.45, 2.75) is 24.9 Å². The van der Waals surface area contributed by atoms with Crippen molar-refractivity contribution in [2.24, 2.45) is 5.16 Å². The van der Waals surface area contributed by atoms with Crippen LogP contribution in [0.4, 0.5) is 5.13 Å². The molecule has 46 heavy (non-hydrogen) atoms. The molecule has 19 heteroatoms. The molecule has 3 aromatic heterocycles. The third-order valence-corrected chi connectivity index (χ3v) is 9.26. The molecule has 5 rings (SSSR count). The molecule has 0 aromatic carbocycles. The van der Waals surface area contributed by atoms with Gasteiger partial charge in [-0.05, 0) is 18.6 Å². The van der Waals surface area contributed by atoms with Crippen LogP contribution < -0.4 is 50.5 Å². The topological polar surface area (TPSA) is 217 Å². The molecule has 5 heterocycles. The standard InChI is InChI=1S/C27H23N9O6S3.Na/c1-2-42-34-18(17-12-45-27(29)32-17)21(37)33-19-24(39)36-20(26(40)41)15(10-44-25(19)36)4-3-7-35-8-5-14(6-9-35)16-11-43-23(31-16)22(38)30-13-28;/h3-6,8-9,11-12,19,25H,2,7,10H2,1H3,(H4-,29,30,32,33,37,38,40,41);/q;+1/p+1/b4-3+,34-18-;/t19-,25-;/m1./s1. The zero-order chi connectivity index (χ0) is 32.1. The van der Waals surface area contributed by atoms with Crippen LogP contribution in [0.3, 0.4) is 0 Å². The van der Waals surface area contributed by atoms with E-state index in [1.54, 1.807) is 36.0 Å². The van der Waals surface area contributed by atoms with E-state index in [0.29, 0.717) is 23.6 Å². The number of nitrogens with two attached hydrogens (primary N) is 1. The van der Waals surface area contributed by atoms with Crippen molar-refractivity contribution in [3.63, 3.8) is 0 Å². The summed E-state index contributed by atoms with van der Waals surface area (Å²) in [4.78, 5) is 64.7. The maximum absolute atomic E-state index is 13.1. The molecule has 1 fully saturated rings. The Labute approximate surface area is 296 Å². The van der Waals surface area contributed by atoms with Crippen molar-refractivity contribution in [3.8, 4) is 17.5 Å². The molecule has 230 valence electrons. The van der Waals surface area contributed by atoms with Crippen LogP contribution in [-0.4, -0.2) is 73.2 Å². The van der Waals surface area contributed by atoms with Gasteiger partial charge in [-0.1, -0.05) is 11.2 Å². The van der Waals surface area contributed by atoms with E-state index in [1.807, 2.05) is 34.4 Å². The minimum Gasteiger partial charge on any atom is -0.477 e. The molecule has 0 spiro atoms. The zero-order valence-electron chi connectivity index (χ0n) is 24.4. The minimum absolute atomic E-state index is 0. The number of carboxylic acid groups (broad SMARTS) is 1. The number of nitriles is 1. The van der Waals surface area contributed by atoms with E-state index in [4.69, 9.17) is 15.8 Å². The molecule has 0 bridgehead atoms. The van der Waals surface area contributed by atoms with Gasteiger partial charge in [-0.2, -0.15) is 5.26 Å². The number of amides is 3. The van der Waals surface area contributed by atoms with Gasteiger partial charge in [-0.25, -0.2) is 19.3 Å². The summed E-state index contributed by atoms with van der Waals surface area (Å²) in [6.45, 7) is 2.31. The SMILES string of the molecule is CCO/N=C(\C(=O)N[C@@H]1C(=O)N2C(C(=O)O)=C(/C=C/C[n+]3ccc(-c4csc(C(=O)NC#N)n4)cc3)CS[C@H]12)c1csc(N)n1.[Na+]. The number of carboxylic acids is 1. The van der Waals surface area contributed by atoms with Crippen molar-refractivity contribution in [3.05, 3.63) is 69.4 Å². The summed E-state index contributed by atoms with van der Waals surface area (Å²) >= 11 is 3.58. The molecule has 0 radical (unpaired) electrons. The number of rotatable bonds is 11. The van der Waals surface area contributed by atoms with Crippen LogP contribution in [-0.2, 0) is 25.8 Å². The van der Waals surface area contributed by atoms with Gasteiger partial charge >= 0.3 is 35.5 Å². The maximum Gasteiger partial charge on any atom is 1.00 e. The van der Waals surface area contributed by atoms with Crippen LogP contribution in [0.2, 0.25) is 0 Å². The van der Waals surface area contributed by atoms with Crippen LogP contribution in [0.1, 0.15) is 22.4 Å². The fourth-order valence-electron chi connectivity index (χ4n) is 4.39. The van der Waals surface area contributed by atoms with Gasteiger partial charge in [0.05, 0.1) is 5.69 Å². The summed E-state index contributed by atoms with van der Waals surface area (Å²) < 4.78 is 1.85. The second-order valence-corrected chi connectivity index (χ2v) is 12.1. The molecule has 2 atom stereocenters. The molecule has 3 amide bonds. The Morgan fingerprint density at radius 3 is 2.70 bits per heavy atom. The first kappa shape index (κ1) is 34.7. The molecule has 15 nitrogen and oxygen atoms in total. The summed E-state index contributed by atoms with van der Waals surface area (Å²) in [6, 6.07) is 2.67. The number of nitrogen functional groups attached to an aromatic ring is 1. The second-order valence-electron chi connectivity index (χ2n) is 9.26. The Balaban J connectivity index is 0.00000480. The summed E-state index contributed by atoms with van der Waals surface area (Å²) in [5, 5.41) is 30.2. The predicted molar refractivity (Wildman–Crippen MR) is 164 cm³/mol. The summed E-state index contributed by atoms with van der Waals surface area (Å²) in [7, 11) is 0. The third-order valence-electron chi connectivity index (χ3n) is 6.44. The number of allylic oxidation sites excluding steroid dienone is 2. The molecule has 5 N–H and O–H groups in total. The first-order valence-electron chi connectivity index (χ1n) is 13.2. The van der Waals surface area contributed by atoms with Gasteiger partial charge in [0.15, 0.2) is 41.0 Å². The molecule has 0 saturated carbocycles. The predicted octanol–water partition coefficient (Wildman–Crippen LogP) is -1.91. The Kier molecular flexibility index (Phi) is 11.7. The monoisotopic (exact) mass is 689 g/mol. The Bertz CT molecular complexity index is 1800. The normalized spacial score (nSPS) is 17.4. The average Bonchev–Trinajstić information content (AvgIpc) is 3.70. The number of thiazole rings is 2. The number of carbonyl (C=O) groups excluding carboxylic acids is 3. The van der Waals surface area contributed by atoms with Crippen molar-refractivity contribution in [1.29, 1.82) is 5.26 Å². The Morgan fingerprint density at radius 2 is 2.04 bits per heavy atom. The third kappa shape index (κ3) is 7.46. The van der Waals surface area contributed by atoms with Gasteiger partial charge in [-0.3, -0.25) is 24.6 Å². The molecule has 0 aliphatic carbocycles. The summed E-state index contributed by atoms with van der Waals surface area (Å²) in [5.41, 5.74) is 7.44. The van der Waals surface area contributed by atoms with E-state index in [-0.39, 0.29) is 63.4 Å². The van der Waals surface area contributed by atoms with E-state index < -0.39 is 35.1 Å². The molecule has 2 aliphatic heterocycles. The number of carbonyl (C=O) groups is 4. The van der Waals surface area contributed by atoms with Gasteiger partial charge < -0.3 is 21.0 Å². The van der Waals surface area contributed by atoms with E-state index in [2.05, 4.69) is 20.4 Å². The number of oxime groups is 1. The van der Waals surface area contributed by atoms with Crippen molar-refractivity contribution < 1.29 is 63.2 Å². The van der Waals surface area contributed by atoms with E-state index in [9.17, 15) is 24.3 Å². The smallest absolute Gasteiger partial charge is 0.477 e. The number of nitrogens with one attached hydrogen (secondary N) is 2. The second kappa shape index (κ2) is 15.4. The minimum atomic E-state index is -1.25. The van der Waals surface area contributed by atoms with E-state index in [1.165, 1.54) is 16.7 Å². The first-order valence-corrected chi connectivity index (χ1v) is 16.0. The largest absolute Gasteiger partial charge is 1.00 e. The fourth-order valence-corrected chi connectivity index (χ4v) is 6.98. The van der Waals surface area contributed by atoms with Crippen LogP contribution in [0, 0.1) is 11.5 Å². The fraction of sp³-hybridized carbons (Fsp3) is 0.222. The van der Waals surface area contributed by atoms with Crippen LogP contribution in [0.25, 0.3) is 11.3 Å². The summed E-state index contributed by atoms with van der Waals surface area (Å²) in [5.74, 6) is -2.76. The number of β-lactam (4-membered cyclic amide) rings is 1. The zero-order valence-corrected chi connectivity index (χ0v) is 28.8. The quantitative estimate of drug-likeness (QED) is 0.0331. The van der Waals surface area contributed by atoms with Crippen LogP contribution >= 0.6 is 34.4 Å². The molecular weight excluding hydrogens is 666 g/mol. The number of pyridine rings is 1. The first-order chi connectivity index (χ1) is 21.7. The van der Waals surface area contributed by atoms with Gasteiger partial charge in [-0.15, -0.1) is 34.4 Å². The average molecular weight is 690 g/mol. The van der Waals surface area contributed by atoms with Crippen molar-refractivity contribution in [2.75, 3.05) is 18.1 Å². The maximum atomic E-state index is 13.1. The van der Waals surface area contributed by atoms with Crippen LogP contribution in [0.15, 0.2) is 63.9 Å². The molecular formula is C27H24N9NaO6S3+2. The van der Waals surface area contributed by atoms with E-state index >= 15 is 0 Å². The molecule has 2 aliphatic rings. The van der Waals surface area contributed by atoms with Gasteiger partial charge in [0.25, 0.3) is 17.7 Å².